The van der Waals surface area contributed by atoms with Gasteiger partial charge in [0.2, 0.25) is 5.69 Å². The van der Waals surface area contributed by atoms with Crippen LogP contribution in [0.15, 0.2) is 54.6 Å². The first-order valence-electron chi connectivity index (χ1n) is 5.16. The first kappa shape index (κ1) is 10.9. The van der Waals surface area contributed by atoms with Crippen LogP contribution in [-0.2, 0) is 0 Å². The molecule has 2 aromatic carbocycles. The highest BCUT2D eigenvalue weighted by atomic mass is 16.5. The van der Waals surface area contributed by atoms with Crippen molar-refractivity contribution in [1.29, 1.82) is 5.26 Å². The van der Waals surface area contributed by atoms with Gasteiger partial charge in [-0.15, -0.1) is 0 Å². The van der Waals surface area contributed by atoms with Crippen molar-refractivity contribution in [3.63, 3.8) is 0 Å². The van der Waals surface area contributed by atoms with Crippen LogP contribution in [-0.4, -0.2) is 11.0 Å². The zero-order chi connectivity index (χ0) is 12.1. The van der Waals surface area contributed by atoms with Gasteiger partial charge in [-0.25, -0.2) is 0 Å². The van der Waals surface area contributed by atoms with E-state index in [1.807, 2.05) is 36.4 Å². The topological polar surface area (TPSA) is 49.9 Å². The maximum Gasteiger partial charge on any atom is 0.216 e. The van der Waals surface area contributed by atoms with Crippen molar-refractivity contribution in [1.82, 2.24) is 0 Å². The average molecular weight is 222 g/mol. The summed E-state index contributed by atoms with van der Waals surface area (Å²) in [6.45, 7) is 0. The van der Waals surface area contributed by atoms with E-state index in [1.54, 1.807) is 24.3 Å². The van der Waals surface area contributed by atoms with E-state index in [9.17, 15) is 5.21 Å². The molecular weight excluding hydrogens is 212 g/mol. The zero-order valence-corrected chi connectivity index (χ0v) is 9.08. The Morgan fingerprint density at radius 1 is 1.00 bits per heavy atom. The summed E-state index contributed by atoms with van der Waals surface area (Å²) in [5.41, 5.74) is 1.89. The van der Waals surface area contributed by atoms with Gasteiger partial charge in [-0.3, -0.25) is 0 Å². The molecule has 0 aromatic heterocycles. The van der Waals surface area contributed by atoms with Crippen LogP contribution in [0.2, 0.25) is 0 Å². The summed E-state index contributed by atoms with van der Waals surface area (Å²) in [6.07, 6.45) is 1.50. The van der Waals surface area contributed by atoms with Gasteiger partial charge in [0.25, 0.3) is 0 Å². The molecule has 2 aromatic rings. The first-order chi connectivity index (χ1) is 8.29. The van der Waals surface area contributed by atoms with Gasteiger partial charge >= 0.3 is 0 Å². The molecule has 0 amide bonds. The number of hydrogen-bond donors (Lipinski definition) is 0. The van der Waals surface area contributed by atoms with E-state index in [1.165, 1.54) is 6.21 Å². The Morgan fingerprint density at radius 3 is 2.24 bits per heavy atom. The number of rotatable bonds is 2. The third-order valence-corrected chi connectivity index (χ3v) is 2.32. The molecule has 0 bridgehead atoms. The summed E-state index contributed by atoms with van der Waals surface area (Å²) in [5, 5.41) is 20.4. The molecule has 0 aliphatic heterocycles. The van der Waals surface area contributed by atoms with Gasteiger partial charge < -0.3 is 5.21 Å². The predicted octanol–water partition coefficient (Wildman–Crippen LogP) is 2.82. The lowest BCUT2D eigenvalue weighted by atomic mass is 10.2. The average Bonchev–Trinajstić information content (AvgIpc) is 2.40. The van der Waals surface area contributed by atoms with Crippen molar-refractivity contribution in [2.75, 3.05) is 0 Å². The molecule has 0 aliphatic carbocycles. The minimum absolute atomic E-state index is 0.507. The number of nitrogens with zero attached hydrogens (tertiary/aromatic N) is 2. The van der Waals surface area contributed by atoms with Crippen LogP contribution in [0.25, 0.3) is 0 Å². The van der Waals surface area contributed by atoms with Gasteiger partial charge in [-0.1, -0.05) is 18.2 Å². The minimum atomic E-state index is 0.507. The van der Waals surface area contributed by atoms with Gasteiger partial charge in [0.1, 0.15) is 0 Å². The first-order valence-corrected chi connectivity index (χ1v) is 5.16. The van der Waals surface area contributed by atoms with Crippen molar-refractivity contribution in [2.24, 2.45) is 0 Å². The summed E-state index contributed by atoms with van der Waals surface area (Å²) >= 11 is 0. The highest BCUT2D eigenvalue weighted by Crippen LogP contribution is 2.12. The van der Waals surface area contributed by atoms with E-state index in [0.717, 1.165) is 10.3 Å². The van der Waals surface area contributed by atoms with Crippen LogP contribution in [0.3, 0.4) is 0 Å². The SMILES string of the molecule is N#Cc1ccc([N+]([O-])=Cc2ccccc2)cc1. The fourth-order valence-corrected chi connectivity index (χ4v) is 1.43. The highest BCUT2D eigenvalue weighted by molar-refractivity contribution is 5.76. The molecule has 0 radical (unpaired) electrons. The molecule has 0 aliphatic rings. The molecule has 0 N–H and O–H groups in total. The molecule has 17 heavy (non-hydrogen) atoms. The van der Waals surface area contributed by atoms with Crippen molar-refractivity contribution < 1.29 is 4.74 Å². The van der Waals surface area contributed by atoms with E-state index in [0.29, 0.717) is 11.3 Å². The van der Waals surface area contributed by atoms with E-state index < -0.39 is 0 Å². The zero-order valence-electron chi connectivity index (χ0n) is 9.08. The predicted molar refractivity (Wildman–Crippen MR) is 66.1 cm³/mol. The fraction of sp³-hybridized carbons (Fsp3) is 0. The highest BCUT2D eigenvalue weighted by Gasteiger charge is 2.01. The Labute approximate surface area is 99.5 Å². The summed E-state index contributed by atoms with van der Waals surface area (Å²) < 4.78 is 0.788. The molecule has 0 heterocycles. The second-order valence-electron chi connectivity index (χ2n) is 3.52. The number of nitriles is 1. The third kappa shape index (κ3) is 2.70. The van der Waals surface area contributed by atoms with Crippen LogP contribution in [0, 0.1) is 16.5 Å². The lowest BCUT2D eigenvalue weighted by molar-refractivity contribution is -0.354. The fourth-order valence-electron chi connectivity index (χ4n) is 1.43. The van der Waals surface area contributed by atoms with Gasteiger partial charge in [0.15, 0.2) is 6.21 Å². The van der Waals surface area contributed by atoms with Crippen molar-refractivity contribution >= 4 is 11.9 Å². The minimum Gasteiger partial charge on any atom is -0.618 e. The smallest absolute Gasteiger partial charge is 0.216 e. The molecule has 0 unspecified atom stereocenters. The summed E-state index contributed by atoms with van der Waals surface area (Å²) in [6, 6.07) is 17.9. The Morgan fingerprint density at radius 2 is 1.65 bits per heavy atom. The molecule has 0 spiro atoms. The van der Waals surface area contributed by atoms with Gasteiger partial charge in [0.05, 0.1) is 11.6 Å². The Balaban J connectivity index is 2.28. The Bertz CT molecular complexity index is 565. The molecule has 0 saturated heterocycles. The van der Waals surface area contributed by atoms with Gasteiger partial charge in [-0.05, 0) is 24.3 Å². The monoisotopic (exact) mass is 222 g/mol. The third-order valence-electron chi connectivity index (χ3n) is 2.32. The molecular formula is C14H10N2O. The van der Waals surface area contributed by atoms with Gasteiger partial charge in [0, 0.05) is 17.7 Å². The maximum atomic E-state index is 11.8. The molecule has 3 nitrogen and oxygen atoms in total. The van der Waals surface area contributed by atoms with Crippen LogP contribution in [0.4, 0.5) is 5.69 Å². The van der Waals surface area contributed by atoms with E-state index in [2.05, 4.69) is 0 Å². The largest absolute Gasteiger partial charge is 0.618 e. The summed E-state index contributed by atoms with van der Waals surface area (Å²) in [5.74, 6) is 0. The standard InChI is InChI=1S/C14H10N2O/c15-10-12-6-8-14(9-7-12)16(17)11-13-4-2-1-3-5-13/h1-9,11H. The molecule has 2 rings (SSSR count). The second kappa shape index (κ2) is 4.95. The molecule has 0 atom stereocenters. The van der Waals surface area contributed by atoms with E-state index >= 15 is 0 Å². The van der Waals surface area contributed by atoms with Crippen LogP contribution < -0.4 is 0 Å². The van der Waals surface area contributed by atoms with Crippen molar-refractivity contribution in [3.05, 3.63) is 70.9 Å². The lowest BCUT2D eigenvalue weighted by Gasteiger charge is -2.02. The normalized spacial score (nSPS) is 10.9. The Kier molecular flexibility index (Phi) is 3.18. The van der Waals surface area contributed by atoms with Crippen LogP contribution >= 0.6 is 0 Å². The molecule has 82 valence electrons. The molecule has 0 saturated carbocycles. The quantitative estimate of drug-likeness (QED) is 0.339. The van der Waals surface area contributed by atoms with Crippen LogP contribution in [0.1, 0.15) is 11.1 Å². The molecule has 3 heteroatoms. The van der Waals surface area contributed by atoms with E-state index in [4.69, 9.17) is 5.26 Å². The molecule has 0 fully saturated rings. The van der Waals surface area contributed by atoms with Crippen molar-refractivity contribution in [2.45, 2.75) is 0 Å². The number of benzene rings is 2. The van der Waals surface area contributed by atoms with Crippen molar-refractivity contribution in [3.8, 4) is 6.07 Å². The van der Waals surface area contributed by atoms with Gasteiger partial charge in [-0.2, -0.15) is 10.0 Å². The summed E-state index contributed by atoms with van der Waals surface area (Å²) in [7, 11) is 0. The second-order valence-corrected chi connectivity index (χ2v) is 3.52. The van der Waals surface area contributed by atoms with Crippen LogP contribution in [0.5, 0.6) is 0 Å². The van der Waals surface area contributed by atoms with E-state index in [-0.39, 0.29) is 0 Å². The lowest BCUT2D eigenvalue weighted by Crippen LogP contribution is -1.98. The summed E-state index contributed by atoms with van der Waals surface area (Å²) in [4.78, 5) is 0. The maximum absolute atomic E-state index is 11.8. The number of hydrogen-bond acceptors (Lipinski definition) is 2. The Hall–Kier alpha value is -2.60.